The molecule has 0 atom stereocenters. The predicted octanol–water partition coefficient (Wildman–Crippen LogP) is 11.1. The van der Waals surface area contributed by atoms with Crippen LogP contribution in [0.3, 0.4) is 0 Å². The van der Waals surface area contributed by atoms with Gasteiger partial charge in [-0.1, -0.05) is 54.6 Å². The van der Waals surface area contributed by atoms with Gasteiger partial charge in [-0.15, -0.1) is 0 Å². The Kier molecular flexibility index (Phi) is 8.59. The molecule has 0 unspecified atom stereocenters. The van der Waals surface area contributed by atoms with Crippen molar-refractivity contribution in [1.82, 2.24) is 0 Å². The Labute approximate surface area is 283 Å². The number of carboxylic acids is 1. The second-order valence-electron chi connectivity index (χ2n) is 11.1. The number of anilines is 6. The van der Waals surface area contributed by atoms with E-state index in [0.717, 1.165) is 39.7 Å². The maximum atomic E-state index is 11.2. The number of nitrogens with zero attached hydrogens (tertiary/aromatic N) is 3. The average molecular weight is 640 g/mol. The van der Waals surface area contributed by atoms with Crippen molar-refractivity contribution in [3.63, 3.8) is 0 Å². The summed E-state index contributed by atoms with van der Waals surface area (Å²) >= 11 is 0. The lowest BCUT2D eigenvalue weighted by molar-refractivity contribution is -0.132. The largest absolute Gasteiger partial charge is 0.477 e. The molecular formula is C42H29N3O4. The van der Waals surface area contributed by atoms with E-state index in [2.05, 4.69) is 82.6 Å². The van der Waals surface area contributed by atoms with Crippen LogP contribution < -0.4 is 9.80 Å². The minimum Gasteiger partial charge on any atom is -0.477 e. The Morgan fingerprint density at radius 3 is 1.35 bits per heavy atom. The van der Waals surface area contributed by atoms with E-state index in [9.17, 15) is 4.79 Å². The van der Waals surface area contributed by atoms with Crippen molar-refractivity contribution in [3.05, 3.63) is 175 Å². The first-order valence-electron chi connectivity index (χ1n) is 15.6. The van der Waals surface area contributed by atoms with Crippen LogP contribution in [0, 0.1) is 11.3 Å². The van der Waals surface area contributed by atoms with Gasteiger partial charge in [0.2, 0.25) is 0 Å². The van der Waals surface area contributed by atoms with Crippen molar-refractivity contribution in [3.8, 4) is 28.9 Å². The first-order chi connectivity index (χ1) is 24.1. The SMILES string of the molecule is N#C/C(=C\c1ccc(-c2ccc(-c3ccc(N(c4ccccc4)c4ccc(N(c5ccccc5)c5ccccc5)cc4)cc3)o2)o1)C(=O)O. The Hall–Kier alpha value is -7.04. The molecule has 7 rings (SSSR count). The Bertz CT molecular complexity index is 2210. The Morgan fingerprint density at radius 2 is 0.898 bits per heavy atom. The number of benzene rings is 5. The molecule has 236 valence electrons. The summed E-state index contributed by atoms with van der Waals surface area (Å²) in [5.41, 5.74) is 6.68. The highest BCUT2D eigenvalue weighted by molar-refractivity contribution is 5.96. The van der Waals surface area contributed by atoms with E-state index in [-0.39, 0.29) is 5.76 Å². The highest BCUT2D eigenvalue weighted by Gasteiger charge is 2.17. The molecule has 0 saturated carbocycles. The first kappa shape index (κ1) is 30.6. The van der Waals surface area contributed by atoms with Crippen molar-refractivity contribution < 1.29 is 18.7 Å². The van der Waals surface area contributed by atoms with Crippen LogP contribution in [0.25, 0.3) is 28.9 Å². The summed E-state index contributed by atoms with van der Waals surface area (Å²) in [6.45, 7) is 0. The van der Waals surface area contributed by atoms with Gasteiger partial charge < -0.3 is 23.7 Å². The maximum absolute atomic E-state index is 11.2. The van der Waals surface area contributed by atoms with Gasteiger partial charge in [0.05, 0.1) is 0 Å². The number of furan rings is 2. The normalized spacial score (nSPS) is 11.1. The minimum absolute atomic E-state index is 0.248. The van der Waals surface area contributed by atoms with Gasteiger partial charge in [-0.25, -0.2) is 4.79 Å². The van der Waals surface area contributed by atoms with Crippen LogP contribution in [0.5, 0.6) is 0 Å². The number of nitriles is 1. The van der Waals surface area contributed by atoms with Crippen molar-refractivity contribution in [2.75, 3.05) is 9.80 Å². The van der Waals surface area contributed by atoms with Gasteiger partial charge in [0.15, 0.2) is 11.5 Å². The zero-order chi connectivity index (χ0) is 33.6. The number of aliphatic carboxylic acids is 1. The first-order valence-corrected chi connectivity index (χ1v) is 15.6. The molecule has 0 spiro atoms. The number of hydrogen-bond donors (Lipinski definition) is 1. The number of para-hydroxylation sites is 3. The van der Waals surface area contributed by atoms with Crippen LogP contribution in [0.1, 0.15) is 5.76 Å². The smallest absolute Gasteiger partial charge is 0.346 e. The lowest BCUT2D eigenvalue weighted by Crippen LogP contribution is -2.12. The summed E-state index contributed by atoms with van der Waals surface area (Å²) < 4.78 is 11.8. The third-order valence-corrected chi connectivity index (χ3v) is 7.93. The zero-order valence-electron chi connectivity index (χ0n) is 26.2. The van der Waals surface area contributed by atoms with Crippen molar-refractivity contribution in [2.45, 2.75) is 0 Å². The molecule has 7 nitrogen and oxygen atoms in total. The lowest BCUT2D eigenvalue weighted by Gasteiger charge is -2.28. The molecule has 7 aromatic rings. The van der Waals surface area contributed by atoms with Crippen LogP contribution >= 0.6 is 0 Å². The molecule has 2 heterocycles. The molecule has 7 heteroatoms. The fourth-order valence-electron chi connectivity index (χ4n) is 5.62. The molecule has 2 aromatic heterocycles. The summed E-state index contributed by atoms with van der Waals surface area (Å²) in [6, 6.07) is 56.2. The standard InChI is InChI=1S/C42H29N3O4/c43-29-31(42(46)47)28-38-24-25-40(48-38)41-27-26-39(49-41)30-16-18-35(19-17-30)45(34-14-8-3-9-15-34)37-22-20-36(21-23-37)44(32-10-4-1-5-11-32)33-12-6-2-7-13-33/h1-28H,(H,46,47)/b31-28+. The minimum atomic E-state index is -1.32. The fraction of sp³-hybridized carbons (Fsp3) is 0. The second kappa shape index (κ2) is 13.8. The molecular weight excluding hydrogens is 610 g/mol. The predicted molar refractivity (Wildman–Crippen MR) is 192 cm³/mol. The lowest BCUT2D eigenvalue weighted by atomic mass is 10.1. The van der Waals surface area contributed by atoms with E-state index in [4.69, 9.17) is 19.2 Å². The van der Waals surface area contributed by atoms with Crippen LogP contribution in [-0.4, -0.2) is 11.1 Å². The van der Waals surface area contributed by atoms with Crippen molar-refractivity contribution in [2.24, 2.45) is 0 Å². The van der Waals surface area contributed by atoms with Crippen molar-refractivity contribution >= 4 is 46.2 Å². The highest BCUT2D eigenvalue weighted by atomic mass is 16.4. The molecule has 5 aromatic carbocycles. The second-order valence-corrected chi connectivity index (χ2v) is 11.1. The summed E-state index contributed by atoms with van der Waals surface area (Å²) in [5.74, 6) is 0.492. The summed E-state index contributed by atoms with van der Waals surface area (Å²) in [4.78, 5) is 15.6. The van der Waals surface area contributed by atoms with Crippen molar-refractivity contribution in [1.29, 1.82) is 5.26 Å². The molecule has 0 aliphatic rings. The zero-order valence-corrected chi connectivity index (χ0v) is 26.2. The molecule has 0 bridgehead atoms. The highest BCUT2D eigenvalue weighted by Crippen LogP contribution is 2.39. The Balaban J connectivity index is 1.17. The molecule has 1 N–H and O–H groups in total. The molecule has 0 saturated heterocycles. The number of rotatable bonds is 10. The van der Waals surface area contributed by atoms with Crippen LogP contribution in [0.15, 0.2) is 178 Å². The molecule has 0 radical (unpaired) electrons. The van der Waals surface area contributed by atoms with Gasteiger partial charge in [0, 0.05) is 45.8 Å². The summed E-state index contributed by atoms with van der Waals surface area (Å²) in [6.07, 6.45) is 1.18. The third-order valence-electron chi connectivity index (χ3n) is 7.93. The summed E-state index contributed by atoms with van der Waals surface area (Å²) in [5, 5.41) is 18.2. The van der Waals surface area contributed by atoms with E-state index < -0.39 is 11.5 Å². The van der Waals surface area contributed by atoms with E-state index in [1.807, 2.05) is 72.8 Å². The fourth-order valence-corrected chi connectivity index (χ4v) is 5.62. The van der Waals surface area contributed by atoms with E-state index in [1.165, 1.54) is 6.08 Å². The van der Waals surface area contributed by atoms with Crippen LogP contribution in [-0.2, 0) is 4.79 Å². The molecule has 0 amide bonds. The van der Waals surface area contributed by atoms with Gasteiger partial charge in [-0.05, 0) is 109 Å². The molecule has 0 aliphatic carbocycles. The number of carbonyl (C=O) groups is 1. The van der Waals surface area contributed by atoms with E-state index in [0.29, 0.717) is 17.3 Å². The molecule has 0 fully saturated rings. The van der Waals surface area contributed by atoms with Crippen LogP contribution in [0.4, 0.5) is 34.1 Å². The van der Waals surface area contributed by atoms with E-state index in [1.54, 1.807) is 24.3 Å². The van der Waals surface area contributed by atoms with E-state index >= 15 is 0 Å². The maximum Gasteiger partial charge on any atom is 0.346 e. The summed E-state index contributed by atoms with van der Waals surface area (Å²) in [7, 11) is 0. The van der Waals surface area contributed by atoms with Gasteiger partial charge in [0.25, 0.3) is 0 Å². The van der Waals surface area contributed by atoms with Crippen LogP contribution in [0.2, 0.25) is 0 Å². The molecule has 0 aliphatic heterocycles. The van der Waals surface area contributed by atoms with Gasteiger partial charge in [-0.3, -0.25) is 0 Å². The average Bonchev–Trinajstić information content (AvgIpc) is 3.84. The topological polar surface area (TPSA) is 93.9 Å². The monoisotopic (exact) mass is 639 g/mol. The Morgan fingerprint density at radius 1 is 0.510 bits per heavy atom. The number of hydrogen-bond acceptors (Lipinski definition) is 6. The number of carboxylic acid groups (broad SMARTS) is 1. The quantitative estimate of drug-likeness (QED) is 0.118. The van der Waals surface area contributed by atoms with Gasteiger partial charge in [0.1, 0.15) is 23.2 Å². The molecule has 49 heavy (non-hydrogen) atoms. The third kappa shape index (κ3) is 6.61. The van der Waals surface area contributed by atoms with Gasteiger partial charge in [-0.2, -0.15) is 5.26 Å². The van der Waals surface area contributed by atoms with Gasteiger partial charge >= 0.3 is 5.97 Å².